The Morgan fingerprint density at radius 1 is 1.11 bits per heavy atom. The lowest BCUT2D eigenvalue weighted by atomic mass is 10.1. The molecule has 0 radical (unpaired) electrons. The van der Waals surface area contributed by atoms with Gasteiger partial charge in [-0.3, -0.25) is 9.48 Å². The fourth-order valence-electron chi connectivity index (χ4n) is 3.12. The van der Waals surface area contributed by atoms with Gasteiger partial charge < -0.3 is 15.4 Å². The van der Waals surface area contributed by atoms with Gasteiger partial charge in [-0.15, -0.1) is 0 Å². The molecule has 2 N–H and O–H groups in total. The van der Waals surface area contributed by atoms with E-state index in [-0.39, 0.29) is 18.3 Å². The van der Waals surface area contributed by atoms with E-state index >= 15 is 0 Å². The molecule has 1 amide bonds. The summed E-state index contributed by atoms with van der Waals surface area (Å²) in [5.41, 5.74) is 8.71. The third kappa shape index (κ3) is 3.48. The van der Waals surface area contributed by atoms with Gasteiger partial charge in [-0.2, -0.15) is 5.10 Å². The number of ether oxygens (including phenoxy) is 1. The molecule has 6 nitrogen and oxygen atoms in total. The Labute approximate surface area is 156 Å². The second-order valence-electron chi connectivity index (χ2n) is 6.37. The van der Waals surface area contributed by atoms with Crippen molar-refractivity contribution in [3.63, 3.8) is 0 Å². The number of nitrogen functional groups attached to an aromatic ring is 1. The van der Waals surface area contributed by atoms with Crippen molar-refractivity contribution in [1.82, 2.24) is 14.7 Å². The molecule has 1 aliphatic heterocycles. The summed E-state index contributed by atoms with van der Waals surface area (Å²) in [5, 5.41) is 4.52. The summed E-state index contributed by atoms with van der Waals surface area (Å²) in [6.07, 6.45) is 0. The second-order valence-corrected chi connectivity index (χ2v) is 6.37. The molecule has 0 unspecified atom stereocenters. The van der Waals surface area contributed by atoms with E-state index in [2.05, 4.69) is 5.10 Å². The minimum Gasteiger partial charge on any atom is -0.487 e. The number of halogens is 1. The van der Waals surface area contributed by atoms with Gasteiger partial charge in [0.2, 0.25) is 0 Å². The molecule has 0 aliphatic carbocycles. The highest BCUT2D eigenvalue weighted by Crippen LogP contribution is 2.25. The van der Waals surface area contributed by atoms with Gasteiger partial charge in [0.1, 0.15) is 23.9 Å². The van der Waals surface area contributed by atoms with Crippen LogP contribution in [-0.4, -0.2) is 27.1 Å². The standard InChI is InChI=1S/C20H19FN4O2/c21-15-8-6-14(7-9-15)20(26)24-10-11-25-18(12-24)19(22)17(23-25)13-27-16-4-2-1-3-5-16/h1-9H,10-13,22H2. The maximum absolute atomic E-state index is 13.1. The number of para-hydroxylation sites is 1. The van der Waals surface area contributed by atoms with Crippen LogP contribution in [0.3, 0.4) is 0 Å². The number of hydrogen-bond acceptors (Lipinski definition) is 4. The molecule has 0 fully saturated rings. The number of carbonyl (C=O) groups excluding carboxylic acids is 1. The van der Waals surface area contributed by atoms with Crippen molar-refractivity contribution >= 4 is 11.6 Å². The van der Waals surface area contributed by atoms with E-state index in [0.717, 1.165) is 11.4 Å². The summed E-state index contributed by atoms with van der Waals surface area (Å²) < 4.78 is 20.6. The molecule has 0 spiro atoms. The van der Waals surface area contributed by atoms with Crippen molar-refractivity contribution in [2.45, 2.75) is 19.7 Å². The minimum absolute atomic E-state index is 0.149. The van der Waals surface area contributed by atoms with E-state index in [1.807, 2.05) is 35.0 Å². The summed E-state index contributed by atoms with van der Waals surface area (Å²) in [6.45, 7) is 1.70. The first kappa shape index (κ1) is 17.1. The van der Waals surface area contributed by atoms with Crippen LogP contribution < -0.4 is 10.5 Å². The van der Waals surface area contributed by atoms with Crippen LogP contribution >= 0.6 is 0 Å². The Hall–Kier alpha value is -3.35. The van der Waals surface area contributed by atoms with Crippen LogP contribution in [0.4, 0.5) is 10.1 Å². The molecule has 27 heavy (non-hydrogen) atoms. The van der Waals surface area contributed by atoms with Crippen molar-refractivity contribution < 1.29 is 13.9 Å². The van der Waals surface area contributed by atoms with Crippen LogP contribution in [0, 0.1) is 5.82 Å². The van der Waals surface area contributed by atoms with E-state index < -0.39 is 0 Å². The summed E-state index contributed by atoms with van der Waals surface area (Å²) >= 11 is 0. The average molecular weight is 366 g/mol. The first-order chi connectivity index (χ1) is 13.1. The number of nitrogens with zero attached hydrogens (tertiary/aromatic N) is 3. The Morgan fingerprint density at radius 3 is 2.59 bits per heavy atom. The zero-order valence-electron chi connectivity index (χ0n) is 14.6. The number of aromatic nitrogens is 2. The van der Waals surface area contributed by atoms with E-state index in [4.69, 9.17) is 10.5 Å². The number of anilines is 1. The third-order valence-electron chi connectivity index (χ3n) is 4.59. The quantitative estimate of drug-likeness (QED) is 0.771. The van der Waals surface area contributed by atoms with Gasteiger partial charge >= 0.3 is 0 Å². The number of carbonyl (C=O) groups is 1. The fourth-order valence-corrected chi connectivity index (χ4v) is 3.12. The zero-order chi connectivity index (χ0) is 18.8. The SMILES string of the molecule is Nc1c(COc2ccccc2)nn2c1CN(C(=O)c1ccc(F)cc1)CC2. The van der Waals surface area contributed by atoms with Crippen LogP contribution in [0.1, 0.15) is 21.7 Å². The highest BCUT2D eigenvalue weighted by atomic mass is 19.1. The lowest BCUT2D eigenvalue weighted by Crippen LogP contribution is -2.38. The van der Waals surface area contributed by atoms with Crippen molar-refractivity contribution in [3.8, 4) is 5.75 Å². The van der Waals surface area contributed by atoms with E-state index in [1.165, 1.54) is 24.3 Å². The van der Waals surface area contributed by atoms with Crippen LogP contribution in [0.2, 0.25) is 0 Å². The summed E-state index contributed by atoms with van der Waals surface area (Å²) in [6, 6.07) is 15.0. The molecule has 138 valence electrons. The molecular weight excluding hydrogens is 347 g/mol. The predicted molar refractivity (Wildman–Crippen MR) is 98.6 cm³/mol. The monoisotopic (exact) mass is 366 g/mol. The fraction of sp³-hybridized carbons (Fsp3) is 0.200. The summed E-state index contributed by atoms with van der Waals surface area (Å²) in [5.74, 6) is 0.232. The highest BCUT2D eigenvalue weighted by Gasteiger charge is 2.26. The topological polar surface area (TPSA) is 73.4 Å². The maximum Gasteiger partial charge on any atom is 0.254 e. The van der Waals surface area contributed by atoms with Gasteiger partial charge in [0, 0.05) is 12.1 Å². The van der Waals surface area contributed by atoms with Crippen molar-refractivity contribution in [2.75, 3.05) is 12.3 Å². The number of nitrogens with two attached hydrogens (primary N) is 1. The molecule has 1 aromatic heterocycles. The van der Waals surface area contributed by atoms with Gasteiger partial charge in [0.05, 0.1) is 24.5 Å². The Kier molecular flexibility index (Phi) is 4.50. The van der Waals surface area contributed by atoms with Gasteiger partial charge in [-0.05, 0) is 36.4 Å². The van der Waals surface area contributed by atoms with E-state index in [0.29, 0.717) is 36.6 Å². The predicted octanol–water partition coefficient (Wildman–Crippen LogP) is 2.84. The van der Waals surface area contributed by atoms with Gasteiger partial charge in [-0.25, -0.2) is 4.39 Å². The van der Waals surface area contributed by atoms with Crippen LogP contribution in [0.5, 0.6) is 5.75 Å². The van der Waals surface area contributed by atoms with Crippen LogP contribution in [-0.2, 0) is 19.7 Å². The average Bonchev–Trinajstić information content (AvgIpc) is 3.02. The molecular formula is C20H19FN4O2. The zero-order valence-corrected chi connectivity index (χ0v) is 14.6. The number of fused-ring (bicyclic) bond motifs is 1. The molecule has 0 bridgehead atoms. The van der Waals surface area contributed by atoms with E-state index in [1.54, 1.807) is 4.90 Å². The van der Waals surface area contributed by atoms with Gasteiger partial charge in [0.15, 0.2) is 0 Å². The second kappa shape index (κ2) is 7.11. The molecule has 2 aromatic carbocycles. The summed E-state index contributed by atoms with van der Waals surface area (Å²) in [7, 11) is 0. The summed E-state index contributed by atoms with van der Waals surface area (Å²) in [4.78, 5) is 14.4. The molecule has 7 heteroatoms. The van der Waals surface area contributed by atoms with Crippen molar-refractivity contribution in [1.29, 1.82) is 0 Å². The molecule has 0 saturated carbocycles. The minimum atomic E-state index is -0.365. The Morgan fingerprint density at radius 2 is 1.85 bits per heavy atom. The lowest BCUT2D eigenvalue weighted by Gasteiger charge is -2.28. The molecule has 2 heterocycles. The smallest absolute Gasteiger partial charge is 0.254 e. The largest absolute Gasteiger partial charge is 0.487 e. The highest BCUT2D eigenvalue weighted by molar-refractivity contribution is 5.94. The van der Waals surface area contributed by atoms with Crippen LogP contribution in [0.25, 0.3) is 0 Å². The van der Waals surface area contributed by atoms with Gasteiger partial charge in [-0.1, -0.05) is 18.2 Å². The van der Waals surface area contributed by atoms with Crippen LogP contribution in [0.15, 0.2) is 54.6 Å². The third-order valence-corrected chi connectivity index (χ3v) is 4.59. The first-order valence-corrected chi connectivity index (χ1v) is 8.68. The lowest BCUT2D eigenvalue weighted by molar-refractivity contribution is 0.0706. The Balaban J connectivity index is 1.48. The molecule has 0 saturated heterocycles. The maximum atomic E-state index is 13.1. The Bertz CT molecular complexity index is 954. The molecule has 0 atom stereocenters. The molecule has 1 aliphatic rings. The van der Waals surface area contributed by atoms with Gasteiger partial charge in [0.25, 0.3) is 5.91 Å². The number of hydrogen-bond donors (Lipinski definition) is 1. The first-order valence-electron chi connectivity index (χ1n) is 8.68. The number of amides is 1. The number of rotatable bonds is 4. The molecule has 4 rings (SSSR count). The van der Waals surface area contributed by atoms with Crippen molar-refractivity contribution in [3.05, 3.63) is 77.4 Å². The number of benzene rings is 2. The van der Waals surface area contributed by atoms with E-state index in [9.17, 15) is 9.18 Å². The van der Waals surface area contributed by atoms with Crippen molar-refractivity contribution in [2.24, 2.45) is 0 Å². The molecule has 3 aromatic rings. The normalized spacial score (nSPS) is 13.3.